The highest BCUT2D eigenvalue weighted by Crippen LogP contribution is 2.20. The highest BCUT2D eigenvalue weighted by atomic mass is 79.9. The van der Waals surface area contributed by atoms with Crippen molar-refractivity contribution in [1.29, 1.82) is 0 Å². The maximum Gasteiger partial charge on any atom is 0.389 e. The summed E-state index contributed by atoms with van der Waals surface area (Å²) in [6.07, 6.45) is 4.68. The van der Waals surface area contributed by atoms with Gasteiger partial charge in [0.2, 0.25) is 0 Å². The molecule has 0 aliphatic carbocycles. The Hall–Kier alpha value is -1.13. The van der Waals surface area contributed by atoms with Crippen LogP contribution in [-0.4, -0.2) is 23.7 Å². The summed E-state index contributed by atoms with van der Waals surface area (Å²) >= 11 is 0. The third kappa shape index (κ3) is 5.93. The summed E-state index contributed by atoms with van der Waals surface area (Å²) in [5.74, 6) is -0.357. The van der Waals surface area contributed by atoms with Gasteiger partial charge in [-0.1, -0.05) is 44.2 Å². The lowest BCUT2D eigenvalue weighted by atomic mass is 10.0. The molecule has 0 heterocycles. The third-order valence-electron chi connectivity index (χ3n) is 3.98. The predicted octanol–water partition coefficient (Wildman–Crippen LogP) is 1.03. The van der Waals surface area contributed by atoms with Crippen LogP contribution in [0.5, 0.6) is 0 Å². The molecule has 1 rings (SSSR count). The van der Waals surface area contributed by atoms with Gasteiger partial charge in [-0.3, -0.25) is 4.84 Å². The zero-order valence-corrected chi connectivity index (χ0v) is 15.6. The fraction of sp³-hybridized carbons (Fsp3) is 0.500. The lowest BCUT2D eigenvalue weighted by molar-refractivity contribution is -1.10. The average molecular weight is 370 g/mol. The van der Waals surface area contributed by atoms with E-state index in [1.807, 2.05) is 0 Å². The second-order valence-electron chi connectivity index (χ2n) is 5.34. The Kier molecular flexibility index (Phi) is 10.0. The van der Waals surface area contributed by atoms with E-state index in [2.05, 4.69) is 51.6 Å². The van der Waals surface area contributed by atoms with E-state index in [4.69, 9.17) is 4.84 Å². The Balaban J connectivity index is 0.00000441. The van der Waals surface area contributed by atoms with Crippen molar-refractivity contribution in [2.75, 3.05) is 13.1 Å². The highest BCUT2D eigenvalue weighted by molar-refractivity contribution is 5.80. The fourth-order valence-corrected chi connectivity index (χ4v) is 2.47. The standard InChI is InChI=1S/C18H28NO2.BrH/c1-5-9-12-16-13-10-11-14-17(16)15-19(7-3,8-4)21-18(20)6-2;/h6,10-11,13-14H,2,5,7-9,12,15H2,1,3-4H3;1H/q+1;/p-1. The molecule has 0 N–H and O–H groups in total. The van der Waals surface area contributed by atoms with Crippen molar-refractivity contribution in [3.63, 3.8) is 0 Å². The number of benzene rings is 1. The van der Waals surface area contributed by atoms with Gasteiger partial charge in [-0.2, -0.15) is 0 Å². The first-order chi connectivity index (χ1) is 10.1. The Morgan fingerprint density at radius 2 is 1.77 bits per heavy atom. The average Bonchev–Trinajstić information content (AvgIpc) is 2.53. The first-order valence-corrected chi connectivity index (χ1v) is 7.89. The molecule has 0 saturated carbocycles. The van der Waals surface area contributed by atoms with E-state index in [0.717, 1.165) is 19.5 Å². The van der Waals surface area contributed by atoms with Gasteiger partial charge in [0.1, 0.15) is 19.6 Å². The van der Waals surface area contributed by atoms with Gasteiger partial charge in [-0.15, -0.1) is 4.65 Å². The van der Waals surface area contributed by atoms with Crippen molar-refractivity contribution >= 4 is 5.97 Å². The highest BCUT2D eigenvalue weighted by Gasteiger charge is 2.30. The van der Waals surface area contributed by atoms with E-state index in [-0.39, 0.29) is 23.0 Å². The van der Waals surface area contributed by atoms with Crippen LogP contribution in [-0.2, 0) is 22.6 Å². The van der Waals surface area contributed by atoms with E-state index >= 15 is 0 Å². The molecule has 0 amide bonds. The Labute approximate surface area is 145 Å². The summed E-state index contributed by atoms with van der Waals surface area (Å²) in [5.41, 5.74) is 2.63. The normalized spacial score (nSPS) is 10.7. The summed E-state index contributed by atoms with van der Waals surface area (Å²) < 4.78 is 0.313. The van der Waals surface area contributed by atoms with Gasteiger partial charge in [0, 0.05) is 11.6 Å². The molecular weight excluding hydrogens is 342 g/mol. The van der Waals surface area contributed by atoms with Crippen LogP contribution in [0.25, 0.3) is 0 Å². The molecular formula is C18H28BrNO2. The monoisotopic (exact) mass is 369 g/mol. The van der Waals surface area contributed by atoms with E-state index in [1.165, 1.54) is 30.0 Å². The number of hydrogen-bond acceptors (Lipinski definition) is 2. The molecule has 0 atom stereocenters. The van der Waals surface area contributed by atoms with Crippen LogP contribution in [0, 0.1) is 0 Å². The second kappa shape index (κ2) is 10.6. The van der Waals surface area contributed by atoms with Gasteiger partial charge in [0.25, 0.3) is 0 Å². The minimum absolute atomic E-state index is 0. The van der Waals surface area contributed by atoms with Crippen LogP contribution in [0.4, 0.5) is 0 Å². The number of rotatable bonds is 9. The number of quaternary nitrogens is 1. The van der Waals surface area contributed by atoms with Crippen molar-refractivity contribution in [3.8, 4) is 0 Å². The summed E-state index contributed by atoms with van der Waals surface area (Å²) in [4.78, 5) is 17.3. The van der Waals surface area contributed by atoms with Gasteiger partial charge in [-0.25, -0.2) is 4.79 Å². The molecule has 0 bridgehead atoms. The van der Waals surface area contributed by atoms with Crippen molar-refractivity contribution in [2.24, 2.45) is 0 Å². The number of halogens is 1. The number of carbonyl (C=O) groups is 1. The number of carbonyl (C=O) groups excluding carboxylic acids is 1. The number of hydrogen-bond donors (Lipinski definition) is 0. The zero-order valence-electron chi connectivity index (χ0n) is 14.0. The maximum atomic E-state index is 11.6. The van der Waals surface area contributed by atoms with E-state index in [1.54, 1.807) is 0 Å². The molecule has 3 nitrogen and oxygen atoms in total. The van der Waals surface area contributed by atoms with E-state index in [9.17, 15) is 4.79 Å². The number of aryl methyl sites for hydroxylation is 1. The number of unbranched alkanes of at least 4 members (excludes halogenated alkanes) is 1. The zero-order chi connectivity index (χ0) is 15.7. The molecule has 124 valence electrons. The molecule has 0 aliphatic rings. The minimum Gasteiger partial charge on any atom is -1.00 e. The van der Waals surface area contributed by atoms with Gasteiger partial charge in [-0.05, 0) is 32.3 Å². The van der Waals surface area contributed by atoms with Crippen LogP contribution in [0.2, 0.25) is 0 Å². The minimum atomic E-state index is -0.357. The predicted molar refractivity (Wildman–Crippen MR) is 86.4 cm³/mol. The largest absolute Gasteiger partial charge is 1.00 e. The van der Waals surface area contributed by atoms with Crippen molar-refractivity contribution in [1.82, 2.24) is 0 Å². The first kappa shape index (κ1) is 20.9. The van der Waals surface area contributed by atoms with Crippen LogP contribution in [0.1, 0.15) is 44.7 Å². The molecule has 0 aliphatic heterocycles. The number of hydroxylamine groups is 3. The Morgan fingerprint density at radius 3 is 2.27 bits per heavy atom. The molecule has 0 spiro atoms. The SMILES string of the molecule is C=CC(=O)O[N+](CC)(CC)Cc1ccccc1CCCC.[Br-]. The van der Waals surface area contributed by atoms with Gasteiger partial charge < -0.3 is 17.0 Å². The summed E-state index contributed by atoms with van der Waals surface area (Å²) in [6, 6.07) is 8.46. The second-order valence-corrected chi connectivity index (χ2v) is 5.34. The topological polar surface area (TPSA) is 26.3 Å². The van der Waals surface area contributed by atoms with Gasteiger partial charge >= 0.3 is 5.97 Å². The molecule has 0 radical (unpaired) electrons. The lowest BCUT2D eigenvalue weighted by Crippen LogP contribution is -3.00. The molecule has 4 heteroatoms. The Morgan fingerprint density at radius 1 is 1.18 bits per heavy atom. The molecule has 1 aromatic rings. The van der Waals surface area contributed by atoms with Gasteiger partial charge in [0.05, 0.1) is 0 Å². The van der Waals surface area contributed by atoms with Crippen LogP contribution in [0.3, 0.4) is 0 Å². The first-order valence-electron chi connectivity index (χ1n) is 7.89. The van der Waals surface area contributed by atoms with E-state index in [0.29, 0.717) is 11.2 Å². The van der Waals surface area contributed by atoms with Crippen LogP contribution < -0.4 is 17.0 Å². The molecule has 0 fully saturated rings. The smallest absolute Gasteiger partial charge is 0.389 e. The van der Waals surface area contributed by atoms with E-state index < -0.39 is 0 Å². The summed E-state index contributed by atoms with van der Waals surface area (Å²) in [5, 5.41) is 0. The fourth-order valence-electron chi connectivity index (χ4n) is 2.47. The van der Waals surface area contributed by atoms with Crippen molar-refractivity contribution < 1.29 is 31.3 Å². The van der Waals surface area contributed by atoms with Crippen molar-refractivity contribution in [2.45, 2.75) is 46.6 Å². The Bertz CT molecular complexity index is 470. The lowest BCUT2D eigenvalue weighted by Gasteiger charge is -2.32. The van der Waals surface area contributed by atoms with Crippen LogP contribution >= 0.6 is 0 Å². The maximum absolute atomic E-state index is 11.6. The molecule has 1 aromatic carbocycles. The van der Waals surface area contributed by atoms with Crippen molar-refractivity contribution in [3.05, 3.63) is 48.0 Å². The third-order valence-corrected chi connectivity index (χ3v) is 3.98. The molecule has 0 aromatic heterocycles. The summed E-state index contributed by atoms with van der Waals surface area (Å²) in [6.45, 7) is 12.0. The van der Waals surface area contributed by atoms with Crippen LogP contribution in [0.15, 0.2) is 36.9 Å². The molecule has 22 heavy (non-hydrogen) atoms. The molecule has 0 saturated heterocycles. The quantitative estimate of drug-likeness (QED) is 0.369. The number of nitrogens with zero attached hydrogens (tertiary/aromatic N) is 1. The van der Waals surface area contributed by atoms with Gasteiger partial charge in [0.15, 0.2) is 0 Å². The molecule has 0 unspecified atom stereocenters. The summed E-state index contributed by atoms with van der Waals surface area (Å²) in [7, 11) is 0.